The van der Waals surface area contributed by atoms with Crippen molar-refractivity contribution < 1.29 is 18.0 Å². The van der Waals surface area contributed by atoms with Gasteiger partial charge in [0, 0.05) is 19.1 Å². The third kappa shape index (κ3) is 3.97. The predicted octanol–water partition coefficient (Wildman–Crippen LogP) is 0.0864. The van der Waals surface area contributed by atoms with Crippen molar-refractivity contribution >= 4 is 5.91 Å². The van der Waals surface area contributed by atoms with E-state index in [1.165, 1.54) is 0 Å². The maximum absolute atomic E-state index is 11.9. The number of nitrogens with one attached hydrogen (secondary N) is 1. The highest BCUT2D eigenvalue weighted by atomic mass is 19.4. The van der Waals surface area contributed by atoms with Gasteiger partial charge in [0.2, 0.25) is 5.91 Å². The van der Waals surface area contributed by atoms with Crippen molar-refractivity contribution in [2.45, 2.75) is 31.6 Å². The van der Waals surface area contributed by atoms with E-state index in [4.69, 9.17) is 5.73 Å². The quantitative estimate of drug-likeness (QED) is 0.733. The number of alkyl halides is 3. The molecule has 3 N–H and O–H groups in total. The van der Waals surface area contributed by atoms with Crippen LogP contribution < -0.4 is 11.1 Å². The van der Waals surface area contributed by atoms with Crippen LogP contribution in [0, 0.1) is 0 Å². The minimum absolute atomic E-state index is 0.0119. The van der Waals surface area contributed by atoms with Gasteiger partial charge in [-0.25, -0.2) is 0 Å². The average Bonchev–Trinajstić information content (AvgIpc) is 2.59. The molecule has 4 nitrogen and oxygen atoms in total. The SMILES string of the molecule is CC(C(=O)NCC(F)(F)F)N1CCC(N)C1. The maximum atomic E-state index is 11.9. The van der Waals surface area contributed by atoms with Crippen molar-refractivity contribution in [1.29, 1.82) is 0 Å². The van der Waals surface area contributed by atoms with E-state index in [1.54, 1.807) is 11.8 Å². The van der Waals surface area contributed by atoms with E-state index in [0.717, 1.165) is 6.42 Å². The predicted molar refractivity (Wildman–Crippen MR) is 52.7 cm³/mol. The van der Waals surface area contributed by atoms with Crippen LogP contribution in [0.5, 0.6) is 0 Å². The molecular formula is C9H16F3N3O. The molecule has 1 rings (SSSR count). The van der Waals surface area contributed by atoms with E-state index in [9.17, 15) is 18.0 Å². The number of likely N-dealkylation sites (tertiary alicyclic amines) is 1. The first-order chi connectivity index (χ1) is 7.29. The number of hydrogen-bond acceptors (Lipinski definition) is 3. The van der Waals surface area contributed by atoms with E-state index >= 15 is 0 Å². The van der Waals surface area contributed by atoms with Gasteiger partial charge in [0.25, 0.3) is 0 Å². The van der Waals surface area contributed by atoms with Crippen LogP contribution in [0.2, 0.25) is 0 Å². The number of nitrogens with zero attached hydrogens (tertiary/aromatic N) is 1. The largest absolute Gasteiger partial charge is 0.405 e. The van der Waals surface area contributed by atoms with Gasteiger partial charge >= 0.3 is 6.18 Å². The van der Waals surface area contributed by atoms with Crippen molar-refractivity contribution in [3.05, 3.63) is 0 Å². The van der Waals surface area contributed by atoms with Gasteiger partial charge in [-0.1, -0.05) is 0 Å². The Morgan fingerprint density at radius 2 is 2.25 bits per heavy atom. The summed E-state index contributed by atoms with van der Waals surface area (Å²) in [4.78, 5) is 13.2. The Labute approximate surface area is 92.0 Å². The summed E-state index contributed by atoms with van der Waals surface area (Å²) in [5.41, 5.74) is 5.65. The molecule has 94 valence electrons. The summed E-state index contributed by atoms with van der Waals surface area (Å²) in [6, 6.07) is -0.547. The molecule has 1 heterocycles. The molecule has 16 heavy (non-hydrogen) atoms. The maximum Gasteiger partial charge on any atom is 0.405 e. The Kier molecular flexibility index (Phi) is 4.15. The molecule has 1 fully saturated rings. The monoisotopic (exact) mass is 239 g/mol. The van der Waals surface area contributed by atoms with Crippen LogP contribution in [-0.4, -0.2) is 48.7 Å². The first-order valence-corrected chi connectivity index (χ1v) is 5.13. The second kappa shape index (κ2) is 5.01. The molecule has 1 aliphatic rings. The average molecular weight is 239 g/mol. The lowest BCUT2D eigenvalue weighted by molar-refractivity contribution is -0.141. The third-order valence-electron chi connectivity index (χ3n) is 2.65. The van der Waals surface area contributed by atoms with E-state index < -0.39 is 24.7 Å². The minimum atomic E-state index is -4.36. The molecule has 0 bridgehead atoms. The third-order valence-corrected chi connectivity index (χ3v) is 2.65. The van der Waals surface area contributed by atoms with Crippen molar-refractivity contribution in [1.82, 2.24) is 10.2 Å². The lowest BCUT2D eigenvalue weighted by atomic mass is 10.2. The molecule has 7 heteroatoms. The van der Waals surface area contributed by atoms with Crippen LogP contribution in [0.25, 0.3) is 0 Å². The van der Waals surface area contributed by atoms with Gasteiger partial charge in [0.1, 0.15) is 6.54 Å². The fourth-order valence-corrected chi connectivity index (χ4v) is 1.67. The topological polar surface area (TPSA) is 58.4 Å². The molecule has 0 saturated carbocycles. The van der Waals surface area contributed by atoms with Gasteiger partial charge in [-0.2, -0.15) is 13.2 Å². The summed E-state index contributed by atoms with van der Waals surface area (Å²) in [6.07, 6.45) is -3.59. The first-order valence-electron chi connectivity index (χ1n) is 5.13. The van der Waals surface area contributed by atoms with Crippen molar-refractivity contribution in [3.8, 4) is 0 Å². The zero-order chi connectivity index (χ0) is 12.3. The zero-order valence-electron chi connectivity index (χ0n) is 9.05. The number of hydrogen-bond donors (Lipinski definition) is 2. The molecule has 1 saturated heterocycles. The summed E-state index contributed by atoms with van der Waals surface area (Å²) < 4.78 is 35.6. The van der Waals surface area contributed by atoms with Crippen molar-refractivity contribution in [2.75, 3.05) is 19.6 Å². The molecule has 0 aromatic rings. The molecule has 2 unspecified atom stereocenters. The lowest BCUT2D eigenvalue weighted by Gasteiger charge is -2.23. The number of halogens is 3. The highest BCUT2D eigenvalue weighted by Gasteiger charge is 2.31. The Morgan fingerprint density at radius 3 is 2.69 bits per heavy atom. The smallest absolute Gasteiger partial charge is 0.346 e. The Morgan fingerprint density at radius 1 is 1.62 bits per heavy atom. The first kappa shape index (κ1) is 13.2. The fraction of sp³-hybridized carbons (Fsp3) is 0.889. The van der Waals surface area contributed by atoms with Gasteiger partial charge in [-0.3, -0.25) is 9.69 Å². The highest BCUT2D eigenvalue weighted by Crippen LogP contribution is 2.14. The summed E-state index contributed by atoms with van der Waals surface area (Å²) >= 11 is 0. The van der Waals surface area contributed by atoms with Gasteiger partial charge in [0.05, 0.1) is 6.04 Å². The van der Waals surface area contributed by atoms with Crippen molar-refractivity contribution in [2.24, 2.45) is 5.73 Å². The van der Waals surface area contributed by atoms with Crippen LogP contribution >= 0.6 is 0 Å². The second-order valence-corrected chi connectivity index (χ2v) is 4.05. The van der Waals surface area contributed by atoms with Crippen LogP contribution in [0.4, 0.5) is 13.2 Å². The van der Waals surface area contributed by atoms with Gasteiger partial charge in [0.15, 0.2) is 0 Å². The fourth-order valence-electron chi connectivity index (χ4n) is 1.67. The van der Waals surface area contributed by atoms with Gasteiger partial charge in [-0.05, 0) is 13.3 Å². The number of amides is 1. The number of nitrogens with two attached hydrogens (primary N) is 1. The molecular weight excluding hydrogens is 223 g/mol. The van der Waals surface area contributed by atoms with Gasteiger partial charge < -0.3 is 11.1 Å². The molecule has 2 atom stereocenters. The Bertz CT molecular complexity index is 257. The van der Waals surface area contributed by atoms with Crippen LogP contribution in [0.15, 0.2) is 0 Å². The number of rotatable bonds is 3. The Balaban J connectivity index is 2.36. The normalized spacial score (nSPS) is 24.4. The summed E-state index contributed by atoms with van der Waals surface area (Å²) in [6.45, 7) is 1.52. The second-order valence-electron chi connectivity index (χ2n) is 4.05. The van der Waals surface area contributed by atoms with Crippen LogP contribution in [0.3, 0.4) is 0 Å². The molecule has 0 aromatic carbocycles. The molecule has 1 aliphatic heterocycles. The van der Waals surface area contributed by atoms with Gasteiger partial charge in [-0.15, -0.1) is 0 Å². The summed E-state index contributed by atoms with van der Waals surface area (Å²) in [7, 11) is 0. The molecule has 0 aliphatic carbocycles. The van der Waals surface area contributed by atoms with Crippen LogP contribution in [-0.2, 0) is 4.79 Å². The summed E-state index contributed by atoms with van der Waals surface area (Å²) in [5, 5.41) is 1.87. The summed E-state index contributed by atoms with van der Waals surface area (Å²) in [5.74, 6) is -0.605. The molecule has 0 aromatic heterocycles. The minimum Gasteiger partial charge on any atom is -0.346 e. The van der Waals surface area contributed by atoms with Crippen LogP contribution in [0.1, 0.15) is 13.3 Å². The van der Waals surface area contributed by atoms with E-state index in [-0.39, 0.29) is 6.04 Å². The van der Waals surface area contributed by atoms with E-state index in [0.29, 0.717) is 13.1 Å². The number of carbonyl (C=O) groups excluding carboxylic acids is 1. The molecule has 0 radical (unpaired) electrons. The number of carbonyl (C=O) groups is 1. The Hall–Kier alpha value is -0.820. The zero-order valence-corrected chi connectivity index (χ0v) is 9.05. The molecule has 0 spiro atoms. The lowest BCUT2D eigenvalue weighted by Crippen LogP contribution is -2.47. The molecule has 1 amide bonds. The van der Waals surface area contributed by atoms with E-state index in [2.05, 4.69) is 0 Å². The highest BCUT2D eigenvalue weighted by molar-refractivity contribution is 5.81. The van der Waals surface area contributed by atoms with E-state index in [1.807, 2.05) is 5.32 Å². The van der Waals surface area contributed by atoms with Crippen molar-refractivity contribution in [3.63, 3.8) is 0 Å². The standard InChI is InChI=1S/C9H16F3N3O/c1-6(15-3-2-7(13)4-15)8(16)14-5-9(10,11)12/h6-7H,2-5,13H2,1H3,(H,14,16).